The van der Waals surface area contributed by atoms with Crippen molar-refractivity contribution in [3.05, 3.63) is 0 Å². The van der Waals surface area contributed by atoms with E-state index in [1.807, 2.05) is 22.6 Å². The van der Waals surface area contributed by atoms with Crippen molar-refractivity contribution in [2.45, 2.75) is 49.7 Å². The van der Waals surface area contributed by atoms with Gasteiger partial charge in [-0.2, -0.15) is 0 Å². The molecule has 0 aliphatic heterocycles. The highest BCUT2D eigenvalue weighted by molar-refractivity contribution is 14.1. The van der Waals surface area contributed by atoms with Crippen molar-refractivity contribution in [3.8, 4) is 0 Å². The number of hydrogen-bond acceptors (Lipinski definition) is 2. The predicted octanol–water partition coefficient (Wildman–Crippen LogP) is 3.69. The largest absolute Gasteiger partial charge is 0.358 e. The van der Waals surface area contributed by atoms with E-state index in [4.69, 9.17) is 4.74 Å². The Kier molecular flexibility index (Phi) is 2.59. The average Bonchev–Trinajstić information content (AvgIpc) is 2.70. The number of carbonyl (C=O) groups is 1. The Balaban J connectivity index is 2.11. The van der Waals surface area contributed by atoms with Gasteiger partial charge >= 0.3 is 0 Å². The van der Waals surface area contributed by atoms with E-state index in [2.05, 4.69) is 50.3 Å². The smallest absolute Gasteiger partial charge is 0.198 e. The van der Waals surface area contributed by atoms with Crippen molar-refractivity contribution in [1.82, 2.24) is 0 Å². The highest BCUT2D eigenvalue weighted by Gasteiger charge is 2.87. The van der Waals surface area contributed by atoms with Crippen LogP contribution in [0.15, 0.2) is 0 Å². The highest BCUT2D eigenvalue weighted by Crippen LogP contribution is 2.85. The SMILES string of the molecule is CC(C)(I)OC1(C)CC12CC2(C)C(=O)I. The summed E-state index contributed by atoms with van der Waals surface area (Å²) in [7, 11) is 0. The fourth-order valence-electron chi connectivity index (χ4n) is 3.05. The van der Waals surface area contributed by atoms with Crippen molar-refractivity contribution >= 4 is 49.0 Å². The molecular formula is C11H16I2O2. The molecule has 2 aliphatic rings. The van der Waals surface area contributed by atoms with Crippen molar-refractivity contribution in [3.63, 3.8) is 0 Å². The van der Waals surface area contributed by atoms with Crippen LogP contribution in [-0.4, -0.2) is 13.0 Å². The highest BCUT2D eigenvalue weighted by atomic mass is 127. The Morgan fingerprint density at radius 2 is 1.87 bits per heavy atom. The molecule has 2 saturated carbocycles. The number of carbonyl (C=O) groups excluding carboxylic acids is 1. The molecule has 0 aromatic carbocycles. The summed E-state index contributed by atoms with van der Waals surface area (Å²) in [5.74, 6) is 0. The van der Waals surface area contributed by atoms with Crippen molar-refractivity contribution in [2.24, 2.45) is 10.8 Å². The molecule has 0 radical (unpaired) electrons. The molecule has 2 rings (SSSR count). The normalized spacial score (nSPS) is 48.1. The quantitative estimate of drug-likeness (QED) is 0.385. The van der Waals surface area contributed by atoms with Crippen LogP contribution in [0.2, 0.25) is 0 Å². The van der Waals surface area contributed by atoms with Crippen molar-refractivity contribution in [1.29, 1.82) is 0 Å². The van der Waals surface area contributed by atoms with Gasteiger partial charge in [0.25, 0.3) is 0 Å². The molecule has 4 heteroatoms. The first-order chi connectivity index (χ1) is 6.56. The van der Waals surface area contributed by atoms with Crippen LogP contribution < -0.4 is 0 Å². The van der Waals surface area contributed by atoms with Crippen LogP contribution in [-0.2, 0) is 9.53 Å². The zero-order chi connectivity index (χ0) is 11.7. The average molecular weight is 434 g/mol. The van der Waals surface area contributed by atoms with E-state index in [0.717, 1.165) is 12.8 Å². The van der Waals surface area contributed by atoms with Gasteiger partial charge in [-0.3, -0.25) is 4.79 Å². The summed E-state index contributed by atoms with van der Waals surface area (Å²) in [5, 5.41) is 0. The van der Waals surface area contributed by atoms with E-state index in [1.165, 1.54) is 0 Å². The second-order valence-corrected chi connectivity index (χ2v) is 9.32. The van der Waals surface area contributed by atoms with Gasteiger partial charge in [-0.05, 0) is 56.2 Å². The van der Waals surface area contributed by atoms with Crippen molar-refractivity contribution < 1.29 is 9.53 Å². The Hall–Kier alpha value is 1.09. The number of rotatable bonds is 3. The van der Waals surface area contributed by atoms with Gasteiger partial charge in [0.05, 0.1) is 5.60 Å². The predicted molar refractivity (Wildman–Crippen MR) is 76.4 cm³/mol. The van der Waals surface area contributed by atoms with E-state index in [-0.39, 0.29) is 20.0 Å². The summed E-state index contributed by atoms with van der Waals surface area (Å²) in [6.45, 7) is 8.36. The Morgan fingerprint density at radius 1 is 1.33 bits per heavy atom. The van der Waals surface area contributed by atoms with E-state index in [1.54, 1.807) is 0 Å². The fraction of sp³-hybridized carbons (Fsp3) is 0.909. The first-order valence-electron chi connectivity index (χ1n) is 5.15. The minimum absolute atomic E-state index is 0.0761. The third-order valence-electron chi connectivity index (χ3n) is 4.01. The van der Waals surface area contributed by atoms with Crippen LogP contribution >= 0.6 is 45.2 Å². The summed E-state index contributed by atoms with van der Waals surface area (Å²) in [6.07, 6.45) is 2.04. The molecule has 15 heavy (non-hydrogen) atoms. The van der Waals surface area contributed by atoms with Gasteiger partial charge in [-0.25, -0.2) is 0 Å². The molecule has 0 amide bonds. The lowest BCUT2D eigenvalue weighted by molar-refractivity contribution is -0.114. The molecule has 3 atom stereocenters. The van der Waals surface area contributed by atoms with Crippen LogP contribution in [0.5, 0.6) is 0 Å². The minimum atomic E-state index is -0.145. The number of alkyl halides is 1. The molecule has 3 unspecified atom stereocenters. The molecule has 0 aromatic rings. The summed E-state index contributed by atoms with van der Waals surface area (Å²) < 4.78 is 6.24. The second-order valence-electron chi connectivity index (χ2n) is 5.74. The summed E-state index contributed by atoms with van der Waals surface area (Å²) in [5.41, 5.74) is -0.0435. The first kappa shape index (κ1) is 12.5. The summed E-state index contributed by atoms with van der Waals surface area (Å²) >= 11 is 4.24. The Morgan fingerprint density at radius 3 is 2.20 bits per heavy atom. The van der Waals surface area contributed by atoms with E-state index >= 15 is 0 Å². The monoisotopic (exact) mass is 434 g/mol. The number of ether oxygens (including phenoxy) is 1. The number of halogens is 2. The van der Waals surface area contributed by atoms with Crippen LogP contribution in [0, 0.1) is 10.8 Å². The second kappa shape index (κ2) is 3.10. The van der Waals surface area contributed by atoms with Gasteiger partial charge in [0.15, 0.2) is 3.79 Å². The van der Waals surface area contributed by atoms with Gasteiger partial charge in [0.2, 0.25) is 0 Å². The molecule has 86 valence electrons. The van der Waals surface area contributed by atoms with Crippen molar-refractivity contribution in [2.75, 3.05) is 0 Å². The van der Waals surface area contributed by atoms with Gasteiger partial charge in [0, 0.05) is 33.4 Å². The molecule has 0 N–H and O–H groups in total. The molecule has 2 nitrogen and oxygen atoms in total. The number of hydrogen-bond donors (Lipinski definition) is 0. The molecule has 2 aliphatic carbocycles. The summed E-state index contributed by atoms with van der Waals surface area (Å²) in [4.78, 5) is 11.6. The van der Waals surface area contributed by atoms with Crippen LogP contribution in [0.25, 0.3) is 0 Å². The third-order valence-corrected chi connectivity index (χ3v) is 5.43. The Bertz CT molecular complexity index is 336. The van der Waals surface area contributed by atoms with Crippen LogP contribution in [0.1, 0.15) is 40.5 Å². The van der Waals surface area contributed by atoms with E-state index in [0.29, 0.717) is 3.79 Å². The van der Waals surface area contributed by atoms with Crippen LogP contribution in [0.3, 0.4) is 0 Å². The minimum Gasteiger partial charge on any atom is -0.358 e. The standard InChI is InChI=1S/C11H16I2O2/c1-8(2,13)15-10(4)6-11(10)5-9(11,3)7(12)14/h5-6H2,1-4H3. The maximum Gasteiger partial charge on any atom is 0.198 e. The molecule has 2 fully saturated rings. The Labute approximate surface area is 118 Å². The topological polar surface area (TPSA) is 26.3 Å². The van der Waals surface area contributed by atoms with Gasteiger partial charge in [0.1, 0.15) is 3.61 Å². The lowest BCUT2D eigenvalue weighted by atomic mass is 10.1. The molecule has 0 saturated heterocycles. The molecule has 1 spiro atoms. The maximum atomic E-state index is 11.6. The van der Waals surface area contributed by atoms with E-state index < -0.39 is 0 Å². The maximum absolute atomic E-state index is 11.6. The molecule has 0 heterocycles. The molecule has 0 aromatic heterocycles. The van der Waals surface area contributed by atoms with Crippen LogP contribution in [0.4, 0.5) is 0 Å². The zero-order valence-corrected chi connectivity index (χ0v) is 13.8. The fourth-order valence-corrected chi connectivity index (χ4v) is 4.24. The summed E-state index contributed by atoms with van der Waals surface area (Å²) in [6, 6.07) is 0. The molecule has 0 bridgehead atoms. The zero-order valence-electron chi connectivity index (χ0n) is 9.49. The van der Waals surface area contributed by atoms with Gasteiger partial charge < -0.3 is 4.74 Å². The van der Waals surface area contributed by atoms with E-state index in [9.17, 15) is 4.79 Å². The lowest BCUT2D eigenvalue weighted by Gasteiger charge is -2.25. The first-order valence-corrected chi connectivity index (χ1v) is 7.31. The lowest BCUT2D eigenvalue weighted by Crippen LogP contribution is -2.27. The molecular weight excluding hydrogens is 418 g/mol. The van der Waals surface area contributed by atoms with Gasteiger partial charge in [-0.15, -0.1) is 0 Å². The van der Waals surface area contributed by atoms with Gasteiger partial charge in [-0.1, -0.05) is 6.92 Å². The third kappa shape index (κ3) is 1.69.